The minimum Gasteiger partial charge on any atom is 0 e. The van der Waals surface area contributed by atoms with E-state index in [0.29, 0.717) is 10.7 Å². The maximum atomic E-state index is 7.50. The van der Waals surface area contributed by atoms with Crippen LogP contribution in [0.4, 0.5) is 0 Å². The third-order valence-electron chi connectivity index (χ3n) is 4.33. The Hall–Kier alpha value is -0.507. The molecule has 0 amide bonds. The third kappa shape index (κ3) is 17.6. The van der Waals surface area contributed by atoms with Crippen LogP contribution in [0.3, 0.4) is 0 Å². The fourth-order valence-electron chi connectivity index (χ4n) is 3.61. The van der Waals surface area contributed by atoms with Crippen LogP contribution in [0.25, 0.3) is 0 Å². The van der Waals surface area contributed by atoms with Gasteiger partial charge >= 0.3 is 67.8 Å². The van der Waals surface area contributed by atoms with Gasteiger partial charge in [0.1, 0.15) is 0 Å². The predicted octanol–water partition coefficient (Wildman–Crippen LogP) is 3.76. The molecule has 4 atom stereocenters. The standard InChI is InChI=1S/C13H19Br.6CO.2Co/c1-3-13-8-4-5-11(9-13)6-7-12(13)10(2)14;6*1-2;;/h1,10-12H,4-9H2,2H3;;;;;;;;/t10?,11-,12+,13-;;;;;;;;/m0......../s1. The quantitative estimate of drug-likeness (QED) is 0.208. The first-order chi connectivity index (χ1) is 12.7. The Morgan fingerprint density at radius 3 is 1.57 bits per heavy atom. The maximum absolute atomic E-state index is 7.50. The second-order valence-electron chi connectivity index (χ2n) is 5.12. The molecule has 9 heteroatoms. The van der Waals surface area contributed by atoms with Crippen LogP contribution in [-0.4, -0.2) is 4.83 Å². The molecular weight excluding hydrogens is 522 g/mol. The molecule has 2 saturated carbocycles. The molecule has 2 radical (unpaired) electrons. The number of fused-ring (bicyclic) bond motifs is 2. The Balaban J connectivity index is -0.0000000547. The van der Waals surface area contributed by atoms with Gasteiger partial charge in [-0.25, -0.2) is 0 Å². The van der Waals surface area contributed by atoms with Crippen LogP contribution in [0.2, 0.25) is 0 Å². The minimum atomic E-state index is 0. The average molecular weight is 541 g/mol. The average Bonchev–Trinajstić information content (AvgIpc) is 2.76. The monoisotopic (exact) mass is 540 g/mol. The zero-order chi connectivity index (χ0) is 22.2. The SMILES string of the molecule is C#C[C@@]12CCC[C@@H](CC[C@@H]1C(C)Br)C2.[C-]#[O+].[C-]#[O+].[C-]#[O+].[C-]#[O+].[C-]#[O+].[C-]#[O+].[Co].[Co]. The van der Waals surface area contributed by atoms with Crippen molar-refractivity contribution in [1.82, 2.24) is 0 Å². The number of hydrogen-bond donors (Lipinski definition) is 0. The molecule has 0 aliphatic heterocycles. The molecule has 0 aromatic heterocycles. The molecule has 2 aliphatic carbocycles. The van der Waals surface area contributed by atoms with E-state index in [0.717, 1.165) is 5.92 Å². The molecule has 28 heavy (non-hydrogen) atoms. The molecule has 0 spiro atoms. The van der Waals surface area contributed by atoms with Crippen LogP contribution in [0.15, 0.2) is 0 Å². The number of terminal acetylenes is 1. The summed E-state index contributed by atoms with van der Waals surface area (Å²) in [5.74, 6) is 4.79. The summed E-state index contributed by atoms with van der Waals surface area (Å²) in [6, 6.07) is 0. The molecule has 2 bridgehead atoms. The van der Waals surface area contributed by atoms with E-state index >= 15 is 0 Å². The van der Waals surface area contributed by atoms with Crippen LogP contribution in [0.5, 0.6) is 0 Å². The summed E-state index contributed by atoms with van der Waals surface area (Å²) >= 11 is 3.74. The first-order valence-electron chi connectivity index (χ1n) is 7.02. The van der Waals surface area contributed by atoms with Gasteiger partial charge in [-0.1, -0.05) is 48.0 Å². The van der Waals surface area contributed by atoms with Gasteiger partial charge in [-0.15, -0.1) is 6.42 Å². The van der Waals surface area contributed by atoms with Crippen molar-refractivity contribution in [1.29, 1.82) is 0 Å². The largest absolute Gasteiger partial charge is 0 e. The number of rotatable bonds is 1. The van der Waals surface area contributed by atoms with Gasteiger partial charge in [-0.3, -0.25) is 0 Å². The van der Waals surface area contributed by atoms with Gasteiger partial charge in [0.05, 0.1) is 0 Å². The molecule has 2 fully saturated rings. The van der Waals surface area contributed by atoms with E-state index in [-0.39, 0.29) is 39.0 Å². The van der Waals surface area contributed by atoms with E-state index in [9.17, 15) is 0 Å². The first kappa shape index (κ1) is 45.9. The van der Waals surface area contributed by atoms with Gasteiger partial charge in [0.15, 0.2) is 0 Å². The Bertz CT molecular complexity index is 444. The number of halogens is 1. The maximum Gasteiger partial charge on any atom is 0 e. The molecule has 2 rings (SSSR count). The van der Waals surface area contributed by atoms with Crippen LogP contribution >= 0.6 is 15.9 Å². The predicted molar refractivity (Wildman–Crippen MR) is 87.9 cm³/mol. The molecule has 0 N–H and O–H groups in total. The zero-order valence-electron chi connectivity index (χ0n) is 15.0. The second-order valence-corrected chi connectivity index (χ2v) is 6.57. The van der Waals surface area contributed by atoms with E-state index in [2.05, 4.69) is 68.7 Å². The van der Waals surface area contributed by atoms with Crippen LogP contribution in [0.1, 0.15) is 45.4 Å². The Morgan fingerprint density at radius 1 is 0.857 bits per heavy atom. The number of hydrogen-bond acceptors (Lipinski definition) is 0. The summed E-state index contributed by atoms with van der Waals surface area (Å²) < 4.78 is 45.0. The molecule has 0 heterocycles. The van der Waals surface area contributed by atoms with Crippen molar-refractivity contribution < 1.29 is 61.5 Å². The van der Waals surface area contributed by atoms with Crippen molar-refractivity contribution in [2.45, 2.75) is 50.3 Å². The Morgan fingerprint density at radius 2 is 1.25 bits per heavy atom. The Labute approximate surface area is 196 Å². The van der Waals surface area contributed by atoms with E-state index in [1.807, 2.05) is 0 Å². The summed E-state index contributed by atoms with van der Waals surface area (Å²) in [7, 11) is 0. The van der Waals surface area contributed by atoms with Gasteiger partial charge in [-0.05, 0) is 31.1 Å². The van der Waals surface area contributed by atoms with Gasteiger partial charge in [0.25, 0.3) is 0 Å². The van der Waals surface area contributed by atoms with E-state index in [1.54, 1.807) is 0 Å². The van der Waals surface area contributed by atoms with Gasteiger partial charge in [0, 0.05) is 43.8 Å². The fraction of sp³-hybridized carbons (Fsp3) is 0.579. The normalized spacial score (nSPS) is 22.5. The van der Waals surface area contributed by atoms with Crippen molar-refractivity contribution >= 4 is 15.9 Å². The zero-order valence-corrected chi connectivity index (χ0v) is 18.7. The summed E-state index contributed by atoms with van der Waals surface area (Å²) in [6.45, 7) is 29.3. The van der Waals surface area contributed by atoms with Crippen molar-refractivity contribution in [3.8, 4) is 12.3 Å². The van der Waals surface area contributed by atoms with Gasteiger partial charge < -0.3 is 0 Å². The van der Waals surface area contributed by atoms with Crippen LogP contribution in [-0.2, 0) is 61.5 Å². The summed E-state index contributed by atoms with van der Waals surface area (Å²) in [4.78, 5) is 0.581. The van der Waals surface area contributed by atoms with Gasteiger partial charge in [0.2, 0.25) is 0 Å². The van der Waals surface area contributed by atoms with E-state index in [4.69, 9.17) is 34.3 Å². The molecule has 6 nitrogen and oxygen atoms in total. The molecule has 0 aromatic rings. The van der Waals surface area contributed by atoms with Crippen molar-refractivity contribution in [2.24, 2.45) is 17.3 Å². The molecule has 0 aromatic carbocycles. The molecule has 1 unspecified atom stereocenters. The summed E-state index contributed by atoms with van der Waals surface area (Å²) in [5, 5.41) is 0. The topological polar surface area (TPSA) is 119 Å². The van der Waals surface area contributed by atoms with Crippen LogP contribution < -0.4 is 0 Å². The first-order valence-corrected chi connectivity index (χ1v) is 7.94. The molecular formula is C19H19BrCo2O6. The summed E-state index contributed by atoms with van der Waals surface area (Å²) in [6.07, 6.45) is 13.9. The fourth-order valence-corrected chi connectivity index (χ4v) is 4.38. The van der Waals surface area contributed by atoms with Crippen LogP contribution in [0, 0.1) is 69.5 Å². The summed E-state index contributed by atoms with van der Waals surface area (Å²) in [5.41, 5.74) is 0.240. The van der Waals surface area contributed by atoms with E-state index < -0.39 is 0 Å². The van der Waals surface area contributed by atoms with E-state index in [1.165, 1.54) is 38.5 Å². The van der Waals surface area contributed by atoms with Gasteiger partial charge in [-0.2, -0.15) is 0 Å². The van der Waals surface area contributed by atoms with Crippen molar-refractivity contribution in [2.75, 3.05) is 0 Å². The third-order valence-corrected chi connectivity index (χ3v) is 4.96. The molecule has 156 valence electrons. The van der Waals surface area contributed by atoms with Crippen molar-refractivity contribution in [3.05, 3.63) is 39.9 Å². The molecule has 0 saturated heterocycles. The second kappa shape index (κ2) is 37.3. The molecule has 2 aliphatic rings. The number of alkyl halides is 1. The Kier molecular flexibility index (Phi) is 61.2. The van der Waals surface area contributed by atoms with Crippen molar-refractivity contribution in [3.63, 3.8) is 0 Å². The smallest absolute Gasteiger partial charge is 0 e. The minimum absolute atomic E-state index is 0.